The van der Waals surface area contributed by atoms with Gasteiger partial charge in [-0.25, -0.2) is 4.79 Å². The van der Waals surface area contributed by atoms with Crippen molar-refractivity contribution in [1.29, 1.82) is 0 Å². The molecule has 1 atom stereocenters. The van der Waals surface area contributed by atoms with Gasteiger partial charge in [-0.3, -0.25) is 0 Å². The Morgan fingerprint density at radius 1 is 1.12 bits per heavy atom. The molecule has 0 aromatic heterocycles. The zero-order valence-electron chi connectivity index (χ0n) is 15.5. The van der Waals surface area contributed by atoms with Crippen molar-refractivity contribution in [2.45, 2.75) is 19.2 Å². The fourth-order valence-electron chi connectivity index (χ4n) is 3.07. The summed E-state index contributed by atoms with van der Waals surface area (Å²) >= 11 is 1.74. The van der Waals surface area contributed by atoms with E-state index < -0.39 is 0 Å². The number of methoxy groups -OCH3 is 2. The molecule has 1 saturated heterocycles. The van der Waals surface area contributed by atoms with Crippen LogP contribution in [0, 0.1) is 13.8 Å². The fraction of sp³-hybridized carbons (Fsp3) is 0.350. The molecule has 1 fully saturated rings. The lowest BCUT2D eigenvalue weighted by Gasteiger charge is -2.25. The number of thioether (sulfide) groups is 1. The number of rotatable bonds is 4. The van der Waals surface area contributed by atoms with E-state index in [2.05, 4.69) is 11.4 Å². The van der Waals surface area contributed by atoms with Crippen LogP contribution in [0.15, 0.2) is 36.4 Å². The first-order valence-corrected chi connectivity index (χ1v) is 9.56. The normalized spacial score (nSPS) is 16.5. The van der Waals surface area contributed by atoms with Gasteiger partial charge in [-0.1, -0.05) is 17.7 Å². The molecule has 1 aliphatic rings. The Morgan fingerprint density at radius 3 is 2.42 bits per heavy atom. The largest absolute Gasteiger partial charge is 0.497 e. The summed E-state index contributed by atoms with van der Waals surface area (Å²) in [6, 6.07) is 11.7. The zero-order chi connectivity index (χ0) is 18.7. The van der Waals surface area contributed by atoms with Crippen LogP contribution in [-0.2, 0) is 0 Å². The van der Waals surface area contributed by atoms with Crippen LogP contribution in [0.25, 0.3) is 0 Å². The maximum Gasteiger partial charge on any atom is 0.323 e. The molecule has 1 N–H and O–H groups in total. The van der Waals surface area contributed by atoms with Gasteiger partial charge in [-0.15, -0.1) is 11.8 Å². The van der Waals surface area contributed by atoms with Crippen LogP contribution in [0.4, 0.5) is 10.5 Å². The molecule has 1 heterocycles. The van der Waals surface area contributed by atoms with Gasteiger partial charge in [0, 0.05) is 24.1 Å². The number of benzene rings is 2. The van der Waals surface area contributed by atoms with Crippen molar-refractivity contribution < 1.29 is 14.3 Å². The number of aryl methyl sites for hydroxylation is 2. The van der Waals surface area contributed by atoms with E-state index in [9.17, 15) is 4.79 Å². The zero-order valence-corrected chi connectivity index (χ0v) is 16.4. The molecule has 0 aliphatic carbocycles. The first-order valence-electron chi connectivity index (χ1n) is 8.51. The minimum Gasteiger partial charge on any atom is -0.497 e. The number of hydrogen-bond donors (Lipinski definition) is 1. The summed E-state index contributed by atoms with van der Waals surface area (Å²) in [5, 5.41) is 2.98. The molecule has 0 saturated carbocycles. The van der Waals surface area contributed by atoms with E-state index in [1.807, 2.05) is 49.1 Å². The predicted molar refractivity (Wildman–Crippen MR) is 106 cm³/mol. The summed E-state index contributed by atoms with van der Waals surface area (Å²) in [6.07, 6.45) is 0. The van der Waals surface area contributed by atoms with E-state index in [1.165, 1.54) is 5.56 Å². The highest BCUT2D eigenvalue weighted by atomic mass is 32.2. The van der Waals surface area contributed by atoms with E-state index in [0.29, 0.717) is 6.54 Å². The van der Waals surface area contributed by atoms with Gasteiger partial charge in [0.2, 0.25) is 0 Å². The van der Waals surface area contributed by atoms with Crippen LogP contribution in [0.2, 0.25) is 0 Å². The lowest BCUT2D eigenvalue weighted by Crippen LogP contribution is -2.34. The molecule has 1 unspecified atom stereocenters. The highest BCUT2D eigenvalue weighted by molar-refractivity contribution is 7.99. The van der Waals surface area contributed by atoms with E-state index in [1.54, 1.807) is 26.0 Å². The molecule has 5 nitrogen and oxygen atoms in total. The molecule has 0 bridgehead atoms. The van der Waals surface area contributed by atoms with Gasteiger partial charge in [-0.05, 0) is 43.2 Å². The number of carbonyl (C=O) groups excluding carboxylic acids is 1. The minimum absolute atomic E-state index is 0.0650. The topological polar surface area (TPSA) is 50.8 Å². The predicted octanol–water partition coefficient (Wildman–Crippen LogP) is 4.60. The third-order valence-electron chi connectivity index (χ3n) is 4.43. The van der Waals surface area contributed by atoms with Crippen molar-refractivity contribution in [2.75, 3.05) is 31.8 Å². The monoisotopic (exact) mass is 372 g/mol. The molecule has 2 aromatic carbocycles. The molecule has 2 aromatic rings. The Labute approximate surface area is 158 Å². The van der Waals surface area contributed by atoms with E-state index in [0.717, 1.165) is 34.1 Å². The second-order valence-electron chi connectivity index (χ2n) is 6.31. The summed E-state index contributed by atoms with van der Waals surface area (Å²) in [4.78, 5) is 14.7. The summed E-state index contributed by atoms with van der Waals surface area (Å²) < 4.78 is 10.7. The Kier molecular flexibility index (Phi) is 5.61. The van der Waals surface area contributed by atoms with Crippen LogP contribution in [0.1, 0.15) is 22.1 Å². The second kappa shape index (κ2) is 7.91. The van der Waals surface area contributed by atoms with Gasteiger partial charge in [0.25, 0.3) is 0 Å². The molecule has 26 heavy (non-hydrogen) atoms. The van der Waals surface area contributed by atoms with Crippen molar-refractivity contribution in [1.82, 2.24) is 4.90 Å². The summed E-state index contributed by atoms with van der Waals surface area (Å²) in [5.41, 5.74) is 4.09. The first-order chi connectivity index (χ1) is 12.5. The van der Waals surface area contributed by atoms with E-state index >= 15 is 0 Å². The van der Waals surface area contributed by atoms with Gasteiger partial charge in [0.15, 0.2) is 0 Å². The summed E-state index contributed by atoms with van der Waals surface area (Å²) in [6.45, 7) is 4.75. The minimum atomic E-state index is -0.0891. The molecule has 0 spiro atoms. The van der Waals surface area contributed by atoms with Crippen LogP contribution < -0.4 is 14.8 Å². The fourth-order valence-corrected chi connectivity index (χ4v) is 4.30. The number of nitrogens with zero attached hydrogens (tertiary/aromatic N) is 1. The number of ether oxygens (including phenoxy) is 2. The SMILES string of the molecule is COc1cc(OC)cc(C2SCCN2C(=O)Nc2ccc(C)cc2C)c1. The molecule has 2 amide bonds. The number of carbonyl (C=O) groups is 1. The highest BCUT2D eigenvalue weighted by Gasteiger charge is 2.31. The van der Waals surface area contributed by atoms with Crippen molar-refractivity contribution in [3.63, 3.8) is 0 Å². The lowest BCUT2D eigenvalue weighted by molar-refractivity contribution is 0.214. The van der Waals surface area contributed by atoms with Gasteiger partial charge < -0.3 is 19.7 Å². The molecule has 0 radical (unpaired) electrons. The Hall–Kier alpha value is -2.34. The first kappa shape index (κ1) is 18.5. The molecular formula is C20H24N2O3S. The van der Waals surface area contributed by atoms with Gasteiger partial charge in [-0.2, -0.15) is 0 Å². The third-order valence-corrected chi connectivity index (χ3v) is 5.69. The average molecular weight is 372 g/mol. The Morgan fingerprint density at radius 2 is 1.81 bits per heavy atom. The van der Waals surface area contributed by atoms with Crippen LogP contribution >= 0.6 is 11.8 Å². The van der Waals surface area contributed by atoms with Crippen LogP contribution in [0.5, 0.6) is 11.5 Å². The van der Waals surface area contributed by atoms with E-state index in [4.69, 9.17) is 9.47 Å². The van der Waals surface area contributed by atoms with Crippen molar-refractivity contribution in [3.05, 3.63) is 53.1 Å². The average Bonchev–Trinajstić information content (AvgIpc) is 3.13. The highest BCUT2D eigenvalue weighted by Crippen LogP contribution is 2.41. The Bertz CT molecular complexity index is 787. The van der Waals surface area contributed by atoms with E-state index in [-0.39, 0.29) is 11.4 Å². The van der Waals surface area contributed by atoms with Crippen molar-refractivity contribution >= 4 is 23.5 Å². The third kappa shape index (κ3) is 3.90. The number of amides is 2. The summed E-state index contributed by atoms with van der Waals surface area (Å²) in [5.74, 6) is 2.34. The van der Waals surface area contributed by atoms with Gasteiger partial charge >= 0.3 is 6.03 Å². The Balaban J connectivity index is 1.82. The maximum atomic E-state index is 12.9. The smallest absolute Gasteiger partial charge is 0.323 e. The summed E-state index contributed by atoms with van der Waals surface area (Å²) in [7, 11) is 3.26. The van der Waals surface area contributed by atoms with Crippen LogP contribution in [0.3, 0.4) is 0 Å². The molecule has 3 rings (SSSR count). The van der Waals surface area contributed by atoms with Crippen LogP contribution in [-0.4, -0.2) is 37.4 Å². The van der Waals surface area contributed by atoms with Gasteiger partial charge in [0.05, 0.1) is 14.2 Å². The van der Waals surface area contributed by atoms with Crippen molar-refractivity contribution in [3.8, 4) is 11.5 Å². The second-order valence-corrected chi connectivity index (χ2v) is 7.50. The molecule has 1 aliphatic heterocycles. The molecule has 138 valence electrons. The van der Waals surface area contributed by atoms with Crippen molar-refractivity contribution in [2.24, 2.45) is 0 Å². The maximum absolute atomic E-state index is 12.9. The number of urea groups is 1. The number of hydrogen-bond acceptors (Lipinski definition) is 4. The molecule has 6 heteroatoms. The lowest BCUT2D eigenvalue weighted by atomic mass is 10.1. The number of nitrogens with one attached hydrogen (secondary N) is 1. The quantitative estimate of drug-likeness (QED) is 0.852. The van der Waals surface area contributed by atoms with Gasteiger partial charge in [0.1, 0.15) is 16.9 Å². The standard InChI is InChI=1S/C20H24N2O3S/c1-13-5-6-18(14(2)9-13)21-20(23)22-7-8-26-19(22)15-10-16(24-3)12-17(11-15)25-4/h5-6,9-12,19H,7-8H2,1-4H3,(H,21,23). The molecular weight excluding hydrogens is 348 g/mol. The number of anilines is 1.